The van der Waals surface area contributed by atoms with Crippen LogP contribution in [0.4, 0.5) is 0 Å². The molecule has 128 valence electrons. The molecule has 2 aromatic heterocycles. The van der Waals surface area contributed by atoms with Gasteiger partial charge in [0.15, 0.2) is 0 Å². The van der Waals surface area contributed by atoms with Gasteiger partial charge in [-0.25, -0.2) is 9.97 Å². The third-order valence-electron chi connectivity index (χ3n) is 4.71. The summed E-state index contributed by atoms with van der Waals surface area (Å²) in [7, 11) is 1.75. The highest BCUT2D eigenvalue weighted by molar-refractivity contribution is 7.09. The zero-order valence-corrected chi connectivity index (χ0v) is 15.2. The van der Waals surface area contributed by atoms with Crippen LogP contribution in [0.3, 0.4) is 0 Å². The monoisotopic (exact) mass is 346 g/mol. The molecular formula is C17H22N4O2S. The average Bonchev–Trinajstić information content (AvgIpc) is 2.85. The Balaban J connectivity index is 1.68. The van der Waals surface area contributed by atoms with Crippen LogP contribution in [0.15, 0.2) is 10.3 Å². The molecule has 7 heteroatoms. The molecule has 0 bridgehead atoms. The number of rotatable bonds is 3. The highest BCUT2D eigenvalue weighted by atomic mass is 32.1. The molecule has 3 rings (SSSR count). The minimum Gasteiger partial charge on any atom is -0.342 e. The number of hydrogen-bond acceptors (Lipinski definition) is 5. The van der Waals surface area contributed by atoms with E-state index in [-0.39, 0.29) is 11.5 Å². The third-order valence-corrected chi connectivity index (χ3v) is 5.70. The minimum absolute atomic E-state index is 0.0204. The fourth-order valence-corrected chi connectivity index (χ4v) is 3.84. The third kappa shape index (κ3) is 3.26. The summed E-state index contributed by atoms with van der Waals surface area (Å²) in [6.45, 7) is 5.04. The Bertz CT molecular complexity index is 824. The molecule has 0 saturated heterocycles. The van der Waals surface area contributed by atoms with Crippen molar-refractivity contribution in [1.82, 2.24) is 19.4 Å². The summed E-state index contributed by atoms with van der Waals surface area (Å²) in [5.74, 6) is 0.864. The van der Waals surface area contributed by atoms with Crippen LogP contribution in [-0.2, 0) is 31.1 Å². The van der Waals surface area contributed by atoms with Crippen molar-refractivity contribution < 1.29 is 4.79 Å². The predicted molar refractivity (Wildman–Crippen MR) is 93.4 cm³/mol. The Morgan fingerprint density at radius 1 is 1.29 bits per heavy atom. The first-order valence-corrected chi connectivity index (χ1v) is 9.07. The topological polar surface area (TPSA) is 68.1 Å². The van der Waals surface area contributed by atoms with Gasteiger partial charge in [-0.3, -0.25) is 14.2 Å². The number of fused-ring (bicyclic) bond motifs is 1. The second-order valence-corrected chi connectivity index (χ2v) is 7.13. The first kappa shape index (κ1) is 16.8. The fraction of sp³-hybridized carbons (Fsp3) is 0.529. The Hall–Kier alpha value is -2.02. The summed E-state index contributed by atoms with van der Waals surface area (Å²) in [6, 6.07) is 0. The smallest absolute Gasteiger partial charge is 0.256 e. The lowest BCUT2D eigenvalue weighted by atomic mass is 10.1. The quantitative estimate of drug-likeness (QED) is 0.843. The maximum absolute atomic E-state index is 12.5. The molecule has 0 saturated carbocycles. The second kappa shape index (κ2) is 6.84. The van der Waals surface area contributed by atoms with Crippen molar-refractivity contribution in [1.29, 1.82) is 0 Å². The van der Waals surface area contributed by atoms with Crippen LogP contribution in [0.1, 0.15) is 34.1 Å². The summed E-state index contributed by atoms with van der Waals surface area (Å²) in [5, 5.41) is 0. The van der Waals surface area contributed by atoms with Gasteiger partial charge in [0.2, 0.25) is 5.91 Å². The van der Waals surface area contributed by atoms with E-state index < -0.39 is 0 Å². The number of thiazole rings is 1. The van der Waals surface area contributed by atoms with Crippen molar-refractivity contribution in [2.24, 2.45) is 7.05 Å². The molecule has 1 aliphatic heterocycles. The first-order chi connectivity index (χ1) is 11.5. The largest absolute Gasteiger partial charge is 0.342 e. The number of hydrogen-bond donors (Lipinski definition) is 0. The van der Waals surface area contributed by atoms with E-state index in [0.717, 1.165) is 29.2 Å². The number of amides is 1. The molecule has 2 aromatic rings. The summed E-state index contributed by atoms with van der Waals surface area (Å²) >= 11 is 1.60. The van der Waals surface area contributed by atoms with Crippen LogP contribution in [0, 0.1) is 13.8 Å². The van der Waals surface area contributed by atoms with Crippen LogP contribution in [0.5, 0.6) is 0 Å². The van der Waals surface area contributed by atoms with Gasteiger partial charge >= 0.3 is 0 Å². The molecule has 0 N–H and O–H groups in total. The average molecular weight is 346 g/mol. The van der Waals surface area contributed by atoms with E-state index in [2.05, 4.69) is 9.97 Å². The van der Waals surface area contributed by atoms with Crippen LogP contribution in [0.2, 0.25) is 0 Å². The van der Waals surface area contributed by atoms with Crippen molar-refractivity contribution in [3.05, 3.63) is 43.5 Å². The van der Waals surface area contributed by atoms with E-state index in [1.807, 2.05) is 24.3 Å². The van der Waals surface area contributed by atoms with Crippen molar-refractivity contribution in [2.45, 2.75) is 39.5 Å². The molecule has 0 radical (unpaired) electrons. The van der Waals surface area contributed by atoms with E-state index in [1.54, 1.807) is 23.0 Å². The van der Waals surface area contributed by atoms with Gasteiger partial charge < -0.3 is 4.90 Å². The molecule has 1 aliphatic rings. The van der Waals surface area contributed by atoms with Gasteiger partial charge in [-0.1, -0.05) is 0 Å². The summed E-state index contributed by atoms with van der Waals surface area (Å²) in [4.78, 5) is 36.7. The van der Waals surface area contributed by atoms with Gasteiger partial charge in [0.1, 0.15) is 5.82 Å². The van der Waals surface area contributed by atoms with E-state index >= 15 is 0 Å². The highest BCUT2D eigenvalue weighted by Crippen LogP contribution is 2.16. The zero-order valence-electron chi connectivity index (χ0n) is 14.3. The Labute approximate surface area is 145 Å². The van der Waals surface area contributed by atoms with Crippen LogP contribution in [-0.4, -0.2) is 38.4 Å². The molecule has 0 aliphatic carbocycles. The van der Waals surface area contributed by atoms with Crippen molar-refractivity contribution in [3.8, 4) is 0 Å². The Morgan fingerprint density at radius 2 is 2.04 bits per heavy atom. The van der Waals surface area contributed by atoms with Gasteiger partial charge in [0, 0.05) is 43.4 Å². The number of carbonyl (C=O) groups excluding carboxylic acids is 1. The van der Waals surface area contributed by atoms with E-state index in [1.165, 1.54) is 4.88 Å². The molecule has 0 aromatic carbocycles. The van der Waals surface area contributed by atoms with Gasteiger partial charge in [0.05, 0.1) is 16.9 Å². The molecule has 0 atom stereocenters. The molecule has 1 amide bonds. The minimum atomic E-state index is 0.0204. The van der Waals surface area contributed by atoms with Crippen LogP contribution < -0.4 is 5.56 Å². The first-order valence-electron chi connectivity index (χ1n) is 8.19. The van der Waals surface area contributed by atoms with Gasteiger partial charge in [-0.05, 0) is 26.7 Å². The van der Waals surface area contributed by atoms with Gasteiger partial charge in [-0.2, -0.15) is 0 Å². The Morgan fingerprint density at radius 3 is 2.75 bits per heavy atom. The second-order valence-electron chi connectivity index (χ2n) is 6.19. The lowest BCUT2D eigenvalue weighted by Crippen LogP contribution is -2.33. The molecule has 6 nitrogen and oxygen atoms in total. The maximum atomic E-state index is 12.5. The number of nitrogens with zero attached hydrogens (tertiary/aromatic N) is 4. The zero-order chi connectivity index (χ0) is 17.3. The molecule has 3 heterocycles. The normalized spacial score (nSPS) is 14.4. The number of aryl methyl sites for hydroxylation is 3. The molecule has 0 unspecified atom stereocenters. The van der Waals surface area contributed by atoms with E-state index in [0.29, 0.717) is 32.4 Å². The SMILES string of the molecule is Cc1ncsc1CCC(=O)N1CCc2nc(C)n(C)c(=O)c2CC1. The highest BCUT2D eigenvalue weighted by Gasteiger charge is 2.22. The Kier molecular flexibility index (Phi) is 4.80. The lowest BCUT2D eigenvalue weighted by Gasteiger charge is -2.20. The van der Waals surface area contributed by atoms with E-state index in [4.69, 9.17) is 0 Å². The standard InChI is InChI=1S/C17H22N4O2S/c1-11-15(24-10-18-11)4-5-16(22)21-8-6-13-14(7-9-21)19-12(2)20(3)17(13)23/h10H,4-9H2,1-3H3. The van der Waals surface area contributed by atoms with Crippen LogP contribution >= 0.6 is 11.3 Å². The van der Waals surface area contributed by atoms with Gasteiger partial charge in [0.25, 0.3) is 5.56 Å². The molecule has 0 spiro atoms. The fourth-order valence-electron chi connectivity index (χ4n) is 3.06. The summed E-state index contributed by atoms with van der Waals surface area (Å²) in [6.07, 6.45) is 2.46. The molecule has 0 fully saturated rings. The van der Waals surface area contributed by atoms with E-state index in [9.17, 15) is 9.59 Å². The van der Waals surface area contributed by atoms with Crippen molar-refractivity contribution in [3.63, 3.8) is 0 Å². The van der Waals surface area contributed by atoms with Crippen molar-refractivity contribution >= 4 is 17.2 Å². The maximum Gasteiger partial charge on any atom is 0.256 e. The van der Waals surface area contributed by atoms with Crippen LogP contribution in [0.25, 0.3) is 0 Å². The number of aromatic nitrogens is 3. The molecular weight excluding hydrogens is 324 g/mol. The van der Waals surface area contributed by atoms with Crippen molar-refractivity contribution in [2.75, 3.05) is 13.1 Å². The summed E-state index contributed by atoms with van der Waals surface area (Å²) in [5.41, 5.74) is 4.47. The van der Waals surface area contributed by atoms with Gasteiger partial charge in [-0.15, -0.1) is 11.3 Å². The molecule has 24 heavy (non-hydrogen) atoms. The predicted octanol–water partition coefficient (Wildman–Crippen LogP) is 1.41. The number of carbonyl (C=O) groups is 1. The lowest BCUT2D eigenvalue weighted by molar-refractivity contribution is -0.131. The summed E-state index contributed by atoms with van der Waals surface area (Å²) < 4.78 is 1.59.